The molecule has 2 saturated heterocycles. The highest BCUT2D eigenvalue weighted by atomic mass is 19.1. The zero-order valence-corrected chi connectivity index (χ0v) is 25.9. The molecule has 0 aromatic heterocycles. The van der Waals surface area contributed by atoms with Crippen molar-refractivity contribution in [2.75, 3.05) is 35.2 Å². The van der Waals surface area contributed by atoms with Crippen molar-refractivity contribution in [3.05, 3.63) is 89.2 Å². The van der Waals surface area contributed by atoms with Crippen LogP contribution >= 0.6 is 0 Å². The first-order valence-corrected chi connectivity index (χ1v) is 15.3. The molecule has 9 heteroatoms. The van der Waals surface area contributed by atoms with Crippen LogP contribution in [0.3, 0.4) is 0 Å². The number of carbonyl (C=O) groups excluding carboxylic acids is 3. The second-order valence-corrected chi connectivity index (χ2v) is 12.6. The highest BCUT2D eigenvalue weighted by Gasteiger charge is 2.40. The largest absolute Gasteiger partial charge is 0.444 e. The summed E-state index contributed by atoms with van der Waals surface area (Å²) < 4.78 is 20.5. The number of benzene rings is 3. The van der Waals surface area contributed by atoms with Gasteiger partial charge in [-0.1, -0.05) is 30.3 Å². The minimum absolute atomic E-state index is 0.0000860. The predicted octanol–water partition coefficient (Wildman–Crippen LogP) is 7.31. The maximum atomic E-state index is 15.0. The third-order valence-electron chi connectivity index (χ3n) is 8.12. The highest BCUT2D eigenvalue weighted by Crippen LogP contribution is 2.39. The van der Waals surface area contributed by atoms with Gasteiger partial charge in [0.2, 0.25) is 5.91 Å². The molecule has 0 radical (unpaired) electrons. The lowest BCUT2D eigenvalue weighted by Gasteiger charge is -2.41. The van der Waals surface area contributed by atoms with Crippen LogP contribution in [0, 0.1) is 18.7 Å². The summed E-state index contributed by atoms with van der Waals surface area (Å²) in [6.45, 7) is 9.38. The van der Waals surface area contributed by atoms with Crippen LogP contribution in [0.4, 0.5) is 26.2 Å². The summed E-state index contributed by atoms with van der Waals surface area (Å²) >= 11 is 0. The van der Waals surface area contributed by atoms with Crippen molar-refractivity contribution in [2.24, 2.45) is 5.92 Å². The quantitative estimate of drug-likeness (QED) is 0.310. The second-order valence-electron chi connectivity index (χ2n) is 12.6. The second kappa shape index (κ2) is 13.1. The van der Waals surface area contributed by atoms with Gasteiger partial charge in [-0.15, -0.1) is 0 Å². The normalized spacial score (nSPS) is 18.6. The van der Waals surface area contributed by atoms with Crippen molar-refractivity contribution >= 4 is 35.0 Å². The van der Waals surface area contributed by atoms with E-state index < -0.39 is 35.4 Å². The van der Waals surface area contributed by atoms with Gasteiger partial charge in [-0.05, 0) is 101 Å². The number of piperidine rings is 1. The van der Waals surface area contributed by atoms with Gasteiger partial charge in [0.15, 0.2) is 0 Å². The van der Waals surface area contributed by atoms with E-state index in [2.05, 4.69) is 15.5 Å². The Hall–Kier alpha value is -4.40. The zero-order valence-electron chi connectivity index (χ0n) is 25.9. The third-order valence-corrected chi connectivity index (χ3v) is 8.12. The summed E-state index contributed by atoms with van der Waals surface area (Å²) in [5.74, 6) is -1.90. The summed E-state index contributed by atoms with van der Waals surface area (Å²) in [7, 11) is 0. The fourth-order valence-corrected chi connectivity index (χ4v) is 6.17. The Morgan fingerprint density at radius 3 is 2.25 bits per heavy atom. The van der Waals surface area contributed by atoms with E-state index in [1.165, 1.54) is 6.07 Å². The molecule has 0 bridgehead atoms. The van der Waals surface area contributed by atoms with Crippen molar-refractivity contribution in [1.82, 2.24) is 4.90 Å². The maximum Gasteiger partial charge on any atom is 0.412 e. The molecule has 232 valence electrons. The van der Waals surface area contributed by atoms with Gasteiger partial charge in [-0.2, -0.15) is 0 Å². The Balaban J connectivity index is 1.48. The van der Waals surface area contributed by atoms with E-state index in [0.29, 0.717) is 41.9 Å². The zero-order chi connectivity index (χ0) is 31.4. The number of halogens is 1. The standard InChI is InChI=1S/C35H41FN4O4/c1-23-11-7-17-29(36)30(23)33(42)40-20-10-16-28(32(41)37-26-14-9-15-27(22-26)39-18-5-6-19-39)31(40)24-12-8-13-25(21-24)38-34(43)44-35(2,3)4/h7-9,11-15,17,21-22,28,31H,5-6,10,16,18-20H2,1-4H3,(H,37,41)(H,38,43)/t28-,31-/m0/s1. The number of ether oxygens (including phenoxy) is 1. The van der Waals surface area contributed by atoms with Crippen LogP contribution in [-0.4, -0.2) is 48.0 Å². The summed E-state index contributed by atoms with van der Waals surface area (Å²) in [4.78, 5) is 44.5. The monoisotopic (exact) mass is 600 g/mol. The van der Waals surface area contributed by atoms with Crippen molar-refractivity contribution in [3.8, 4) is 0 Å². The van der Waals surface area contributed by atoms with Crippen LogP contribution in [0.15, 0.2) is 66.7 Å². The molecule has 3 aromatic rings. The molecule has 3 aromatic carbocycles. The van der Waals surface area contributed by atoms with E-state index in [1.807, 2.05) is 30.3 Å². The van der Waals surface area contributed by atoms with Crippen molar-refractivity contribution in [3.63, 3.8) is 0 Å². The van der Waals surface area contributed by atoms with Crippen LogP contribution in [0.5, 0.6) is 0 Å². The summed E-state index contributed by atoms with van der Waals surface area (Å²) in [6, 6.07) is 18.8. The first kappa shape index (κ1) is 31.0. The van der Waals surface area contributed by atoms with E-state index in [-0.39, 0.29) is 11.5 Å². The van der Waals surface area contributed by atoms with Crippen molar-refractivity contribution in [2.45, 2.75) is 65.0 Å². The van der Waals surface area contributed by atoms with Gasteiger partial charge in [-0.3, -0.25) is 14.9 Å². The average Bonchev–Trinajstić information content (AvgIpc) is 3.51. The van der Waals surface area contributed by atoms with Gasteiger partial charge >= 0.3 is 6.09 Å². The van der Waals surface area contributed by atoms with Gasteiger partial charge in [0.1, 0.15) is 11.4 Å². The molecule has 0 spiro atoms. The Kier molecular flexibility index (Phi) is 9.22. The molecule has 2 heterocycles. The summed E-state index contributed by atoms with van der Waals surface area (Å²) in [6.07, 6.45) is 2.80. The fraction of sp³-hybridized carbons (Fsp3) is 0.400. The lowest BCUT2D eigenvalue weighted by Crippen LogP contribution is -2.46. The summed E-state index contributed by atoms with van der Waals surface area (Å²) in [5.41, 5.74) is 2.72. The Morgan fingerprint density at radius 1 is 0.864 bits per heavy atom. The van der Waals surface area contributed by atoms with Gasteiger partial charge < -0.3 is 19.9 Å². The van der Waals surface area contributed by atoms with Gasteiger partial charge in [0.25, 0.3) is 5.91 Å². The van der Waals surface area contributed by atoms with E-state index in [0.717, 1.165) is 31.6 Å². The third kappa shape index (κ3) is 7.21. The predicted molar refractivity (Wildman–Crippen MR) is 170 cm³/mol. The minimum atomic E-state index is -0.697. The fourth-order valence-electron chi connectivity index (χ4n) is 6.17. The van der Waals surface area contributed by atoms with Gasteiger partial charge in [0.05, 0.1) is 17.5 Å². The number of hydrogen-bond donors (Lipinski definition) is 2. The van der Waals surface area contributed by atoms with Crippen molar-refractivity contribution < 1.29 is 23.5 Å². The highest BCUT2D eigenvalue weighted by molar-refractivity contribution is 5.98. The molecule has 44 heavy (non-hydrogen) atoms. The molecule has 0 unspecified atom stereocenters. The summed E-state index contributed by atoms with van der Waals surface area (Å²) in [5, 5.41) is 5.86. The lowest BCUT2D eigenvalue weighted by atomic mass is 9.83. The van der Waals surface area contributed by atoms with Crippen LogP contribution in [-0.2, 0) is 9.53 Å². The molecule has 0 aliphatic carbocycles. The number of nitrogens with one attached hydrogen (secondary N) is 2. The molecular formula is C35H41FN4O4. The number of likely N-dealkylation sites (tertiary alicyclic amines) is 1. The number of hydrogen-bond acceptors (Lipinski definition) is 5. The first-order valence-electron chi connectivity index (χ1n) is 15.3. The van der Waals surface area contributed by atoms with Crippen LogP contribution < -0.4 is 15.5 Å². The topological polar surface area (TPSA) is 91.0 Å². The molecule has 5 rings (SSSR count). The molecule has 2 atom stereocenters. The Labute approximate surface area is 258 Å². The first-order chi connectivity index (χ1) is 21.0. The molecule has 2 aliphatic heterocycles. The molecule has 3 amide bonds. The van der Waals surface area contributed by atoms with Crippen LogP contribution in [0.2, 0.25) is 0 Å². The van der Waals surface area contributed by atoms with E-state index in [4.69, 9.17) is 4.74 Å². The number of anilines is 3. The average molecular weight is 601 g/mol. The Morgan fingerprint density at radius 2 is 1.55 bits per heavy atom. The maximum absolute atomic E-state index is 15.0. The van der Waals surface area contributed by atoms with E-state index in [9.17, 15) is 14.4 Å². The minimum Gasteiger partial charge on any atom is -0.444 e. The number of nitrogens with zero attached hydrogens (tertiary/aromatic N) is 2. The molecule has 2 fully saturated rings. The molecule has 2 aliphatic rings. The molecule has 2 N–H and O–H groups in total. The number of carbonyl (C=O) groups is 3. The SMILES string of the molecule is Cc1cccc(F)c1C(=O)N1CCC[C@H](C(=O)Nc2cccc(N3CCCC3)c2)[C@@H]1c1cccc(NC(=O)OC(C)(C)C)c1. The van der Waals surface area contributed by atoms with Crippen LogP contribution in [0.25, 0.3) is 0 Å². The molecule has 0 saturated carbocycles. The number of amides is 3. The van der Waals surface area contributed by atoms with Crippen LogP contribution in [0.1, 0.15) is 74.0 Å². The van der Waals surface area contributed by atoms with Gasteiger partial charge in [0, 0.05) is 36.7 Å². The Bertz CT molecular complexity index is 1510. The van der Waals surface area contributed by atoms with Crippen molar-refractivity contribution in [1.29, 1.82) is 0 Å². The molecular weight excluding hydrogens is 559 g/mol. The smallest absolute Gasteiger partial charge is 0.412 e. The molecule has 8 nitrogen and oxygen atoms in total. The lowest BCUT2D eigenvalue weighted by molar-refractivity contribution is -0.123. The number of aryl methyl sites for hydroxylation is 1. The number of rotatable bonds is 6. The van der Waals surface area contributed by atoms with E-state index in [1.54, 1.807) is 62.9 Å². The van der Waals surface area contributed by atoms with E-state index >= 15 is 4.39 Å². The van der Waals surface area contributed by atoms with Gasteiger partial charge in [-0.25, -0.2) is 9.18 Å².